The van der Waals surface area contributed by atoms with Crippen LogP contribution in [0.5, 0.6) is 0 Å². The predicted molar refractivity (Wildman–Crippen MR) is 112 cm³/mol. The largest absolute Gasteiger partial charge is 0.469 e. The van der Waals surface area contributed by atoms with Gasteiger partial charge in [0.15, 0.2) is 5.79 Å². The van der Waals surface area contributed by atoms with Crippen LogP contribution in [-0.2, 0) is 28.7 Å². The van der Waals surface area contributed by atoms with Gasteiger partial charge in [-0.2, -0.15) is 0 Å². The van der Waals surface area contributed by atoms with Gasteiger partial charge < -0.3 is 35.8 Å². The highest BCUT2D eigenvalue weighted by Gasteiger charge is 2.38. The number of likely N-dealkylation sites (tertiary alicyclic amines) is 1. The van der Waals surface area contributed by atoms with Gasteiger partial charge in [0.25, 0.3) is 0 Å². The number of carbonyl (C=O) groups is 5. The maximum absolute atomic E-state index is 12.8. The van der Waals surface area contributed by atoms with E-state index in [0.717, 1.165) is 6.92 Å². The summed E-state index contributed by atoms with van der Waals surface area (Å²) in [7, 11) is 1.21. The van der Waals surface area contributed by atoms with Crippen LogP contribution in [0.1, 0.15) is 53.4 Å². The van der Waals surface area contributed by atoms with Crippen LogP contribution in [-0.4, -0.2) is 88.3 Å². The van der Waals surface area contributed by atoms with E-state index in [0.29, 0.717) is 19.4 Å². The number of carbonyl (C=O) groups excluding carboxylic acids is 5. The third-order valence-corrected chi connectivity index (χ3v) is 5.30. The Balaban J connectivity index is 2.62. The summed E-state index contributed by atoms with van der Waals surface area (Å²) >= 11 is 0. The Kier molecular flexibility index (Phi) is 10.0. The summed E-state index contributed by atoms with van der Waals surface area (Å²) in [6.45, 7) is 5.81. The van der Waals surface area contributed by atoms with E-state index in [2.05, 4.69) is 20.7 Å². The van der Waals surface area contributed by atoms with Crippen LogP contribution in [0.4, 0.5) is 0 Å². The van der Waals surface area contributed by atoms with Crippen molar-refractivity contribution in [3.05, 3.63) is 0 Å². The average molecular weight is 459 g/mol. The molecule has 0 bridgehead atoms. The molecule has 4 atom stereocenters. The van der Waals surface area contributed by atoms with E-state index in [1.807, 2.05) is 0 Å². The topological polar surface area (TPSA) is 174 Å². The minimum atomic E-state index is -2.11. The summed E-state index contributed by atoms with van der Waals surface area (Å²) in [6.07, 6.45) is 0.739. The lowest BCUT2D eigenvalue weighted by molar-refractivity contribution is -0.169. The monoisotopic (exact) mass is 458 g/mol. The fraction of sp³-hybridized carbons (Fsp3) is 0.750. The van der Waals surface area contributed by atoms with Gasteiger partial charge in [-0.15, -0.1) is 0 Å². The summed E-state index contributed by atoms with van der Waals surface area (Å²) in [5, 5.41) is 26.6. The van der Waals surface area contributed by atoms with Crippen LogP contribution in [0.3, 0.4) is 0 Å². The molecule has 0 aromatic carbocycles. The smallest absolute Gasteiger partial charge is 0.306 e. The molecule has 0 radical (unpaired) electrons. The maximum atomic E-state index is 12.8. The van der Waals surface area contributed by atoms with Crippen molar-refractivity contribution in [1.29, 1.82) is 0 Å². The van der Waals surface area contributed by atoms with E-state index in [1.165, 1.54) is 32.8 Å². The summed E-state index contributed by atoms with van der Waals surface area (Å²) in [6, 6.07) is -3.64. The van der Waals surface area contributed by atoms with Crippen LogP contribution in [0.15, 0.2) is 0 Å². The van der Waals surface area contributed by atoms with Crippen molar-refractivity contribution in [1.82, 2.24) is 20.9 Å². The van der Waals surface area contributed by atoms with Crippen LogP contribution >= 0.6 is 0 Å². The molecule has 0 aromatic heterocycles. The van der Waals surface area contributed by atoms with E-state index < -0.39 is 59.6 Å². The van der Waals surface area contributed by atoms with Crippen molar-refractivity contribution in [2.24, 2.45) is 0 Å². The Labute approximate surface area is 187 Å². The zero-order chi connectivity index (χ0) is 24.6. The number of ether oxygens (including phenoxy) is 1. The normalized spacial score (nSPS) is 18.8. The number of aliphatic hydroxyl groups is 2. The lowest BCUT2D eigenvalue weighted by Gasteiger charge is -2.30. The highest BCUT2D eigenvalue weighted by molar-refractivity contribution is 5.94. The van der Waals surface area contributed by atoms with Gasteiger partial charge in [-0.25, -0.2) is 0 Å². The second-order valence-corrected chi connectivity index (χ2v) is 8.11. The Morgan fingerprint density at radius 1 is 1.03 bits per heavy atom. The van der Waals surface area contributed by atoms with Crippen LogP contribution < -0.4 is 16.0 Å². The zero-order valence-corrected chi connectivity index (χ0v) is 19.1. The lowest BCUT2D eigenvalue weighted by atomic mass is 10.1. The SMILES string of the molecule is COC(=O)CCC(=O)N[C@@H](C)C(=O)N[C@@H](C)C(=O)N1CCC[C@H]1C(=O)N[C@@H](C)C(C)(O)O. The van der Waals surface area contributed by atoms with Gasteiger partial charge in [0.2, 0.25) is 23.6 Å². The van der Waals surface area contributed by atoms with Gasteiger partial charge in [0.05, 0.1) is 19.6 Å². The number of hydrogen-bond donors (Lipinski definition) is 5. The molecule has 4 amide bonds. The van der Waals surface area contributed by atoms with Gasteiger partial charge >= 0.3 is 5.97 Å². The van der Waals surface area contributed by atoms with E-state index in [4.69, 9.17) is 0 Å². The molecule has 0 spiro atoms. The Hall–Kier alpha value is -2.73. The van der Waals surface area contributed by atoms with E-state index >= 15 is 0 Å². The molecule has 0 saturated carbocycles. The van der Waals surface area contributed by atoms with Crippen LogP contribution in [0.2, 0.25) is 0 Å². The number of nitrogens with zero attached hydrogens (tertiary/aromatic N) is 1. The molecular formula is C20H34N4O8. The first-order valence-electron chi connectivity index (χ1n) is 10.5. The summed E-state index contributed by atoms with van der Waals surface area (Å²) in [5.74, 6) is -4.74. The van der Waals surface area contributed by atoms with Crippen LogP contribution in [0.25, 0.3) is 0 Å². The van der Waals surface area contributed by atoms with Crippen molar-refractivity contribution >= 4 is 29.6 Å². The van der Waals surface area contributed by atoms with Gasteiger partial charge in [-0.05, 0) is 40.5 Å². The predicted octanol–water partition coefficient (Wildman–Crippen LogP) is -1.85. The van der Waals surface area contributed by atoms with Crippen molar-refractivity contribution in [3.8, 4) is 0 Å². The van der Waals surface area contributed by atoms with E-state index in [-0.39, 0.29) is 12.8 Å². The number of methoxy groups -OCH3 is 1. The van der Waals surface area contributed by atoms with Gasteiger partial charge in [-0.1, -0.05) is 0 Å². The molecule has 1 rings (SSSR count). The number of esters is 1. The second kappa shape index (κ2) is 11.8. The van der Waals surface area contributed by atoms with Crippen molar-refractivity contribution in [2.45, 2.75) is 83.3 Å². The second-order valence-electron chi connectivity index (χ2n) is 8.11. The fourth-order valence-corrected chi connectivity index (χ4v) is 3.10. The number of amides is 4. The first kappa shape index (κ1) is 27.3. The highest BCUT2D eigenvalue weighted by Crippen LogP contribution is 2.19. The minimum absolute atomic E-state index is 0.117. The van der Waals surface area contributed by atoms with Crippen molar-refractivity contribution < 1.29 is 38.9 Å². The molecule has 1 fully saturated rings. The van der Waals surface area contributed by atoms with Gasteiger partial charge in [0, 0.05) is 13.0 Å². The molecule has 1 aliphatic heterocycles. The standard InChI is InChI=1S/C20H34N4O8/c1-11(21-15(25)8-9-16(26)32-5)17(27)22-12(2)19(29)24-10-6-7-14(24)18(28)23-13(3)20(4,30)31/h11-14,30-31H,6-10H2,1-5H3,(H,21,25)(H,22,27)(H,23,28)/t11-,12-,13-,14-/m0/s1. The van der Waals surface area contributed by atoms with Gasteiger partial charge in [0.1, 0.15) is 18.1 Å². The summed E-state index contributed by atoms with van der Waals surface area (Å²) < 4.78 is 4.45. The van der Waals surface area contributed by atoms with Crippen molar-refractivity contribution in [2.75, 3.05) is 13.7 Å². The molecule has 0 aromatic rings. The Bertz CT molecular complexity index is 721. The molecule has 0 unspecified atom stereocenters. The number of hydrogen-bond acceptors (Lipinski definition) is 8. The molecule has 1 saturated heterocycles. The van der Waals surface area contributed by atoms with Crippen molar-refractivity contribution in [3.63, 3.8) is 0 Å². The molecule has 12 heteroatoms. The molecule has 182 valence electrons. The van der Waals surface area contributed by atoms with Crippen LogP contribution in [0, 0.1) is 0 Å². The first-order chi connectivity index (χ1) is 14.8. The third kappa shape index (κ3) is 8.08. The molecule has 0 aliphatic carbocycles. The first-order valence-corrected chi connectivity index (χ1v) is 10.5. The Morgan fingerprint density at radius 3 is 2.22 bits per heavy atom. The highest BCUT2D eigenvalue weighted by atomic mass is 16.5. The molecule has 12 nitrogen and oxygen atoms in total. The lowest BCUT2D eigenvalue weighted by Crippen LogP contribution is -2.57. The van der Waals surface area contributed by atoms with E-state index in [9.17, 15) is 34.2 Å². The van der Waals surface area contributed by atoms with Gasteiger partial charge in [-0.3, -0.25) is 24.0 Å². The quantitative estimate of drug-likeness (QED) is 0.187. The number of rotatable bonds is 10. The molecule has 1 heterocycles. The van der Waals surface area contributed by atoms with E-state index in [1.54, 1.807) is 0 Å². The Morgan fingerprint density at radius 2 is 1.66 bits per heavy atom. The third-order valence-electron chi connectivity index (χ3n) is 5.30. The molecular weight excluding hydrogens is 424 g/mol. The molecule has 1 aliphatic rings. The fourth-order valence-electron chi connectivity index (χ4n) is 3.10. The summed E-state index contributed by atoms with van der Waals surface area (Å²) in [5.41, 5.74) is 0. The minimum Gasteiger partial charge on any atom is -0.469 e. The molecule has 32 heavy (non-hydrogen) atoms. The number of nitrogens with one attached hydrogen (secondary N) is 3. The average Bonchev–Trinajstić information content (AvgIpc) is 3.20. The maximum Gasteiger partial charge on any atom is 0.306 e. The molecule has 5 N–H and O–H groups in total. The zero-order valence-electron chi connectivity index (χ0n) is 19.1. The summed E-state index contributed by atoms with van der Waals surface area (Å²) in [4.78, 5) is 62.0.